The average molecular weight is 239 g/mol. The Hall–Kier alpha value is -0.570. The van der Waals surface area contributed by atoms with Crippen molar-refractivity contribution in [3.8, 4) is 0 Å². The fraction of sp³-hybridized carbons (Fsp3) is 0.929. The van der Waals surface area contributed by atoms with Gasteiger partial charge in [0.05, 0.1) is 5.92 Å². The second kappa shape index (κ2) is 5.38. The van der Waals surface area contributed by atoms with Crippen LogP contribution in [0.25, 0.3) is 0 Å². The number of rotatable bonds is 4. The highest BCUT2D eigenvalue weighted by Crippen LogP contribution is 2.37. The summed E-state index contributed by atoms with van der Waals surface area (Å²) in [4.78, 5) is 11.0. The number of carbonyl (C=O) groups is 1. The van der Waals surface area contributed by atoms with Crippen molar-refractivity contribution < 1.29 is 9.90 Å². The minimum Gasteiger partial charge on any atom is -0.481 e. The van der Waals surface area contributed by atoms with Crippen molar-refractivity contribution in [1.29, 1.82) is 0 Å². The molecule has 0 aliphatic heterocycles. The zero-order chi connectivity index (χ0) is 12.3. The molecule has 2 aliphatic carbocycles. The predicted octanol–water partition coefficient (Wildman–Crippen LogP) is 2.80. The summed E-state index contributed by atoms with van der Waals surface area (Å²) in [6, 6.07) is 0.433. The van der Waals surface area contributed by atoms with Gasteiger partial charge < -0.3 is 10.4 Å². The minimum absolute atomic E-state index is 0.113. The molecule has 2 unspecified atom stereocenters. The molecule has 0 bridgehead atoms. The quantitative estimate of drug-likeness (QED) is 0.793. The van der Waals surface area contributed by atoms with E-state index in [0.29, 0.717) is 11.5 Å². The molecule has 3 nitrogen and oxygen atoms in total. The maximum atomic E-state index is 11.0. The van der Waals surface area contributed by atoms with Gasteiger partial charge in [0.15, 0.2) is 0 Å². The van der Waals surface area contributed by atoms with Gasteiger partial charge in [-0.15, -0.1) is 0 Å². The largest absolute Gasteiger partial charge is 0.481 e. The Morgan fingerprint density at radius 1 is 1.29 bits per heavy atom. The number of aliphatic carboxylic acids is 1. The van der Waals surface area contributed by atoms with Crippen LogP contribution in [0.1, 0.15) is 58.3 Å². The molecular formula is C14H25NO2. The number of hydrogen-bond donors (Lipinski definition) is 2. The van der Waals surface area contributed by atoms with Crippen molar-refractivity contribution in [3.05, 3.63) is 0 Å². The summed E-state index contributed by atoms with van der Waals surface area (Å²) in [5, 5.41) is 12.7. The van der Waals surface area contributed by atoms with E-state index in [0.717, 1.165) is 32.2 Å². The first-order valence-electron chi connectivity index (χ1n) is 7.05. The van der Waals surface area contributed by atoms with E-state index in [1.165, 1.54) is 25.7 Å². The molecule has 0 aromatic rings. The van der Waals surface area contributed by atoms with Gasteiger partial charge in [0.1, 0.15) is 0 Å². The normalized spacial score (nSPS) is 32.5. The molecule has 0 aromatic heterocycles. The fourth-order valence-electron chi connectivity index (χ4n) is 3.40. The third-order valence-electron chi connectivity index (χ3n) is 4.65. The Labute approximate surface area is 104 Å². The van der Waals surface area contributed by atoms with E-state index in [2.05, 4.69) is 12.2 Å². The van der Waals surface area contributed by atoms with Crippen molar-refractivity contribution >= 4 is 5.97 Å². The van der Waals surface area contributed by atoms with Crippen LogP contribution in [0, 0.1) is 11.3 Å². The van der Waals surface area contributed by atoms with Crippen molar-refractivity contribution in [2.45, 2.75) is 64.3 Å². The Morgan fingerprint density at radius 2 is 2.00 bits per heavy atom. The molecule has 0 spiro atoms. The van der Waals surface area contributed by atoms with E-state index in [9.17, 15) is 4.79 Å². The van der Waals surface area contributed by atoms with Gasteiger partial charge in [-0.2, -0.15) is 0 Å². The van der Waals surface area contributed by atoms with Gasteiger partial charge in [-0.25, -0.2) is 0 Å². The Kier molecular flexibility index (Phi) is 4.08. The van der Waals surface area contributed by atoms with Crippen LogP contribution < -0.4 is 5.32 Å². The molecule has 2 fully saturated rings. The SMILES string of the molecule is CC1(CNC2CCCC(C(=O)O)C2)CCCC1. The first-order chi connectivity index (χ1) is 8.09. The molecule has 0 aromatic carbocycles. The van der Waals surface area contributed by atoms with Crippen molar-refractivity contribution in [3.63, 3.8) is 0 Å². The van der Waals surface area contributed by atoms with E-state index in [1.54, 1.807) is 0 Å². The topological polar surface area (TPSA) is 49.3 Å². The van der Waals surface area contributed by atoms with Gasteiger partial charge in [-0.3, -0.25) is 4.79 Å². The van der Waals surface area contributed by atoms with E-state index in [4.69, 9.17) is 5.11 Å². The first-order valence-corrected chi connectivity index (χ1v) is 7.05. The highest BCUT2D eigenvalue weighted by molar-refractivity contribution is 5.70. The predicted molar refractivity (Wildman–Crippen MR) is 68.0 cm³/mol. The van der Waals surface area contributed by atoms with E-state index in [1.807, 2.05) is 0 Å². The second-order valence-corrected chi connectivity index (χ2v) is 6.30. The zero-order valence-corrected chi connectivity index (χ0v) is 10.9. The molecule has 2 saturated carbocycles. The monoisotopic (exact) mass is 239 g/mol. The molecule has 17 heavy (non-hydrogen) atoms. The minimum atomic E-state index is -0.608. The van der Waals surface area contributed by atoms with Crippen LogP contribution in [-0.4, -0.2) is 23.7 Å². The summed E-state index contributed by atoms with van der Waals surface area (Å²) < 4.78 is 0. The van der Waals surface area contributed by atoms with E-state index < -0.39 is 5.97 Å². The zero-order valence-electron chi connectivity index (χ0n) is 10.9. The standard InChI is InChI=1S/C14H25NO2/c1-14(7-2-3-8-14)10-15-12-6-4-5-11(9-12)13(16)17/h11-12,15H,2-10H2,1H3,(H,16,17). The molecule has 2 N–H and O–H groups in total. The third kappa shape index (κ3) is 3.44. The Bertz CT molecular complexity index is 271. The van der Waals surface area contributed by atoms with Crippen LogP contribution in [-0.2, 0) is 4.79 Å². The van der Waals surface area contributed by atoms with Crippen LogP contribution in [0.3, 0.4) is 0 Å². The lowest BCUT2D eigenvalue weighted by Crippen LogP contribution is -2.41. The molecule has 0 amide bonds. The van der Waals surface area contributed by atoms with Crippen LogP contribution in [0.2, 0.25) is 0 Å². The van der Waals surface area contributed by atoms with Gasteiger partial charge in [-0.05, 0) is 37.5 Å². The Balaban J connectivity index is 1.77. The van der Waals surface area contributed by atoms with E-state index in [-0.39, 0.29) is 5.92 Å². The van der Waals surface area contributed by atoms with E-state index >= 15 is 0 Å². The number of carboxylic acid groups (broad SMARTS) is 1. The summed E-state index contributed by atoms with van der Waals surface area (Å²) in [6.07, 6.45) is 9.28. The molecule has 0 heterocycles. The van der Waals surface area contributed by atoms with Crippen molar-refractivity contribution in [2.24, 2.45) is 11.3 Å². The van der Waals surface area contributed by atoms with Crippen LogP contribution in [0.5, 0.6) is 0 Å². The number of nitrogens with one attached hydrogen (secondary N) is 1. The molecule has 98 valence electrons. The summed E-state index contributed by atoms with van der Waals surface area (Å²) in [5.74, 6) is -0.721. The molecule has 2 atom stereocenters. The molecule has 2 rings (SSSR count). The van der Waals surface area contributed by atoms with Crippen LogP contribution in [0.15, 0.2) is 0 Å². The van der Waals surface area contributed by atoms with Crippen molar-refractivity contribution in [1.82, 2.24) is 5.32 Å². The van der Waals surface area contributed by atoms with Gasteiger partial charge in [0, 0.05) is 12.6 Å². The average Bonchev–Trinajstić information content (AvgIpc) is 2.75. The van der Waals surface area contributed by atoms with Gasteiger partial charge in [0.25, 0.3) is 0 Å². The van der Waals surface area contributed by atoms with Gasteiger partial charge in [0.2, 0.25) is 0 Å². The smallest absolute Gasteiger partial charge is 0.306 e. The fourth-order valence-corrected chi connectivity index (χ4v) is 3.40. The van der Waals surface area contributed by atoms with Crippen molar-refractivity contribution in [2.75, 3.05) is 6.54 Å². The van der Waals surface area contributed by atoms with Gasteiger partial charge >= 0.3 is 5.97 Å². The molecule has 2 aliphatic rings. The van der Waals surface area contributed by atoms with Crippen LogP contribution >= 0.6 is 0 Å². The first kappa shape index (κ1) is 12.9. The molecule has 0 radical (unpaired) electrons. The maximum Gasteiger partial charge on any atom is 0.306 e. The summed E-state index contributed by atoms with van der Waals surface area (Å²) >= 11 is 0. The highest BCUT2D eigenvalue weighted by Gasteiger charge is 2.31. The third-order valence-corrected chi connectivity index (χ3v) is 4.65. The van der Waals surface area contributed by atoms with Crippen LogP contribution in [0.4, 0.5) is 0 Å². The molecule has 3 heteroatoms. The maximum absolute atomic E-state index is 11.0. The van der Waals surface area contributed by atoms with Gasteiger partial charge in [-0.1, -0.05) is 26.2 Å². The number of carboxylic acids is 1. The summed E-state index contributed by atoms with van der Waals surface area (Å²) in [7, 11) is 0. The highest BCUT2D eigenvalue weighted by atomic mass is 16.4. The molecular weight excluding hydrogens is 214 g/mol. The second-order valence-electron chi connectivity index (χ2n) is 6.30. The summed E-state index contributed by atoms with van der Waals surface area (Å²) in [6.45, 7) is 3.44. The lowest BCUT2D eigenvalue weighted by molar-refractivity contribution is -0.143. The lowest BCUT2D eigenvalue weighted by atomic mass is 9.84. The molecule has 0 saturated heterocycles. The Morgan fingerprint density at radius 3 is 2.65 bits per heavy atom. The summed E-state index contributed by atoms with van der Waals surface area (Å²) in [5.41, 5.74) is 0.468. The number of hydrogen-bond acceptors (Lipinski definition) is 2. The lowest BCUT2D eigenvalue weighted by Gasteiger charge is -2.31.